The van der Waals surface area contributed by atoms with Crippen molar-refractivity contribution < 1.29 is 0 Å². The van der Waals surface area contributed by atoms with Crippen molar-refractivity contribution in [3.05, 3.63) is 29.8 Å². The van der Waals surface area contributed by atoms with Crippen molar-refractivity contribution in [2.45, 2.75) is 121 Å². The molecule has 1 aromatic carbocycles. The lowest BCUT2D eigenvalue weighted by Crippen LogP contribution is -2.16. The van der Waals surface area contributed by atoms with Gasteiger partial charge in [0, 0.05) is 16.4 Å². The van der Waals surface area contributed by atoms with E-state index in [1.807, 2.05) is 21.6 Å². The van der Waals surface area contributed by atoms with Crippen LogP contribution in [-0.2, 0) is 5.41 Å². The summed E-state index contributed by atoms with van der Waals surface area (Å²) in [5, 5.41) is 10.5. The summed E-state index contributed by atoms with van der Waals surface area (Å²) >= 11 is 0. The van der Waals surface area contributed by atoms with Crippen molar-refractivity contribution in [2.24, 2.45) is 0 Å². The van der Waals surface area contributed by atoms with E-state index in [1.165, 1.54) is 68.9 Å². The van der Waals surface area contributed by atoms with Gasteiger partial charge in [0.25, 0.3) is 0 Å². The Labute approximate surface area is 198 Å². The molecule has 2 aromatic rings. The number of nitrogens with zero attached hydrogens (tertiary/aromatic N) is 3. The lowest BCUT2D eigenvalue weighted by atomic mass is 9.86. The maximum Gasteiger partial charge on any atom is 0.202 e. The Hall–Kier alpha value is -0.940. The Morgan fingerprint density at radius 2 is 1.61 bits per heavy atom. The molecular weight excluding hydrogens is 418 g/mol. The molecule has 1 saturated carbocycles. The minimum atomic E-state index is 0.163. The van der Waals surface area contributed by atoms with Crippen LogP contribution in [0.25, 0.3) is 11.4 Å². The van der Waals surface area contributed by atoms with Gasteiger partial charge in [-0.15, -0.1) is 10.2 Å². The third-order valence-electron chi connectivity index (χ3n) is 6.34. The summed E-state index contributed by atoms with van der Waals surface area (Å²) in [4.78, 5) is 0. The monoisotopic (exact) mass is 459 g/mol. The lowest BCUT2D eigenvalue weighted by molar-refractivity contribution is 0.339. The van der Waals surface area contributed by atoms with Gasteiger partial charge < -0.3 is 0 Å². The van der Waals surface area contributed by atoms with Crippen LogP contribution in [0.15, 0.2) is 29.4 Å². The standard InChI is InChI=1S/C26H41N3S2/c1-7-8-12-19-26(5,6)31-30-24-28-27-23(29(24)22-13-10-9-11-14-22)20-15-17-21(18-16-20)25(2,3)4/h15-18,22H,7-14,19H2,1-6H3. The second-order valence-corrected chi connectivity index (χ2v) is 13.5. The third kappa shape index (κ3) is 6.77. The molecule has 0 saturated heterocycles. The van der Waals surface area contributed by atoms with Crippen molar-refractivity contribution in [1.29, 1.82) is 0 Å². The predicted molar refractivity (Wildman–Crippen MR) is 138 cm³/mol. The first-order valence-electron chi connectivity index (χ1n) is 12.1. The van der Waals surface area contributed by atoms with Gasteiger partial charge in [-0.1, -0.05) is 101 Å². The summed E-state index contributed by atoms with van der Waals surface area (Å²) in [5.74, 6) is 1.04. The molecule has 31 heavy (non-hydrogen) atoms. The Kier molecular flexibility index (Phi) is 8.59. The van der Waals surface area contributed by atoms with Crippen LogP contribution < -0.4 is 0 Å². The Bertz CT molecular complexity index is 812. The van der Waals surface area contributed by atoms with Crippen LogP contribution in [0.2, 0.25) is 0 Å². The molecule has 0 aliphatic heterocycles. The molecule has 1 aliphatic carbocycles. The smallest absolute Gasteiger partial charge is 0.202 e. The van der Waals surface area contributed by atoms with Gasteiger partial charge in [0.05, 0.1) is 0 Å². The van der Waals surface area contributed by atoms with Crippen molar-refractivity contribution in [1.82, 2.24) is 14.8 Å². The van der Waals surface area contributed by atoms with E-state index in [9.17, 15) is 0 Å². The van der Waals surface area contributed by atoms with Crippen LogP contribution in [0, 0.1) is 0 Å². The molecule has 1 heterocycles. The fraction of sp³-hybridized carbons (Fsp3) is 0.692. The predicted octanol–water partition coefficient (Wildman–Crippen LogP) is 8.85. The van der Waals surface area contributed by atoms with Gasteiger partial charge in [0.2, 0.25) is 5.16 Å². The first-order valence-corrected chi connectivity index (χ1v) is 14.3. The zero-order chi connectivity index (χ0) is 22.5. The average Bonchev–Trinajstić information content (AvgIpc) is 3.17. The number of rotatable bonds is 9. The molecule has 3 rings (SSSR count). The lowest BCUT2D eigenvalue weighted by Gasteiger charge is -2.27. The van der Waals surface area contributed by atoms with E-state index in [0.717, 1.165) is 11.0 Å². The summed E-state index contributed by atoms with van der Waals surface area (Å²) in [7, 11) is 3.80. The number of hydrogen-bond acceptors (Lipinski definition) is 4. The Morgan fingerprint density at radius 1 is 0.935 bits per heavy atom. The van der Waals surface area contributed by atoms with Gasteiger partial charge in [-0.05, 0) is 54.9 Å². The third-order valence-corrected chi connectivity index (χ3v) is 9.55. The molecule has 0 atom stereocenters. The summed E-state index contributed by atoms with van der Waals surface area (Å²) < 4.78 is 2.71. The average molecular weight is 460 g/mol. The summed E-state index contributed by atoms with van der Waals surface area (Å²) in [6.07, 6.45) is 11.6. The van der Waals surface area contributed by atoms with E-state index in [1.54, 1.807) is 0 Å². The highest BCUT2D eigenvalue weighted by atomic mass is 33.1. The quantitative estimate of drug-likeness (QED) is 0.277. The van der Waals surface area contributed by atoms with Gasteiger partial charge in [0.1, 0.15) is 0 Å². The molecule has 0 amide bonds. The fourth-order valence-corrected chi connectivity index (χ4v) is 6.72. The van der Waals surface area contributed by atoms with Crippen molar-refractivity contribution in [3.63, 3.8) is 0 Å². The largest absolute Gasteiger partial charge is 0.298 e. The first kappa shape index (κ1) is 24.7. The molecule has 1 aromatic heterocycles. The van der Waals surface area contributed by atoms with E-state index < -0.39 is 0 Å². The summed E-state index contributed by atoms with van der Waals surface area (Å²) in [5.41, 5.74) is 2.71. The Balaban J connectivity index is 1.84. The topological polar surface area (TPSA) is 30.7 Å². The molecule has 1 aliphatic rings. The highest BCUT2D eigenvalue weighted by Gasteiger charge is 2.27. The van der Waals surface area contributed by atoms with Crippen LogP contribution in [0.3, 0.4) is 0 Å². The van der Waals surface area contributed by atoms with E-state index in [-0.39, 0.29) is 10.2 Å². The number of aromatic nitrogens is 3. The summed E-state index contributed by atoms with van der Waals surface area (Å²) in [6.45, 7) is 13.8. The van der Waals surface area contributed by atoms with Crippen LogP contribution in [0.1, 0.15) is 111 Å². The molecule has 3 nitrogen and oxygen atoms in total. The summed E-state index contributed by atoms with van der Waals surface area (Å²) in [6, 6.07) is 9.51. The zero-order valence-electron chi connectivity index (χ0n) is 20.4. The molecule has 0 unspecified atom stereocenters. The maximum atomic E-state index is 4.71. The molecule has 1 fully saturated rings. The zero-order valence-corrected chi connectivity index (χ0v) is 22.0. The molecule has 0 spiro atoms. The van der Waals surface area contributed by atoms with Crippen molar-refractivity contribution in [3.8, 4) is 11.4 Å². The number of hydrogen-bond donors (Lipinski definition) is 0. The Morgan fingerprint density at radius 3 is 2.23 bits per heavy atom. The van der Waals surface area contributed by atoms with E-state index in [4.69, 9.17) is 10.2 Å². The van der Waals surface area contributed by atoms with Crippen LogP contribution >= 0.6 is 21.6 Å². The van der Waals surface area contributed by atoms with E-state index in [2.05, 4.69) is 70.4 Å². The first-order chi connectivity index (χ1) is 14.7. The molecule has 0 radical (unpaired) electrons. The maximum absolute atomic E-state index is 4.71. The molecule has 172 valence electrons. The van der Waals surface area contributed by atoms with Crippen LogP contribution in [0.4, 0.5) is 0 Å². The van der Waals surface area contributed by atoms with E-state index >= 15 is 0 Å². The second-order valence-electron chi connectivity index (χ2n) is 10.7. The molecule has 0 N–H and O–H groups in total. The highest BCUT2D eigenvalue weighted by Crippen LogP contribution is 2.45. The number of benzene rings is 1. The van der Waals surface area contributed by atoms with Crippen molar-refractivity contribution in [2.75, 3.05) is 0 Å². The van der Waals surface area contributed by atoms with Gasteiger partial charge in [-0.2, -0.15) is 0 Å². The number of unbranched alkanes of at least 4 members (excludes halogenated alkanes) is 2. The SMILES string of the molecule is CCCCCC(C)(C)SSc1nnc(-c2ccc(C(C)(C)C)cc2)n1C1CCCCC1. The fourth-order valence-electron chi connectivity index (χ4n) is 4.31. The molecular formula is C26H41N3S2. The minimum absolute atomic E-state index is 0.163. The van der Waals surface area contributed by atoms with Gasteiger partial charge in [-0.25, -0.2) is 0 Å². The second kappa shape index (κ2) is 10.8. The van der Waals surface area contributed by atoms with Gasteiger partial charge in [0.15, 0.2) is 5.82 Å². The molecule has 5 heteroatoms. The highest BCUT2D eigenvalue weighted by molar-refractivity contribution is 8.77. The van der Waals surface area contributed by atoms with Gasteiger partial charge in [-0.3, -0.25) is 4.57 Å². The van der Waals surface area contributed by atoms with E-state index in [0.29, 0.717) is 6.04 Å². The van der Waals surface area contributed by atoms with Crippen molar-refractivity contribution >= 4 is 21.6 Å². The van der Waals surface area contributed by atoms with Crippen LogP contribution in [-0.4, -0.2) is 19.5 Å². The minimum Gasteiger partial charge on any atom is -0.298 e. The van der Waals surface area contributed by atoms with Gasteiger partial charge >= 0.3 is 0 Å². The van der Waals surface area contributed by atoms with Crippen LogP contribution in [0.5, 0.6) is 0 Å². The normalized spacial score (nSPS) is 16.1. The molecule has 0 bridgehead atoms.